The largest absolute Gasteiger partial charge is 0.495 e. The molecule has 172 valence electrons. The van der Waals surface area contributed by atoms with Crippen LogP contribution < -0.4 is 15.8 Å². The Balaban J connectivity index is 1.91. The van der Waals surface area contributed by atoms with Crippen molar-refractivity contribution in [3.63, 3.8) is 0 Å². The number of H-pyrrole nitrogens is 1. The molecule has 5 N–H and O–H groups in total. The Kier molecular flexibility index (Phi) is 5.76. The van der Waals surface area contributed by atoms with Gasteiger partial charge in [0.1, 0.15) is 5.75 Å². The van der Waals surface area contributed by atoms with Gasteiger partial charge in [-0.3, -0.25) is 9.59 Å². The smallest absolute Gasteiger partial charge is 0.250 e. The maximum Gasteiger partial charge on any atom is 0.250 e. The molecular weight excluding hydrogens is 418 g/mol. The Hall–Kier alpha value is -3.58. The van der Waals surface area contributed by atoms with Crippen LogP contribution >= 0.6 is 0 Å². The van der Waals surface area contributed by atoms with Crippen LogP contribution in [0.15, 0.2) is 43.0 Å². The van der Waals surface area contributed by atoms with Crippen LogP contribution in [0.5, 0.6) is 5.75 Å². The molecule has 33 heavy (non-hydrogen) atoms. The molecule has 4 rings (SSSR count). The van der Waals surface area contributed by atoms with Crippen molar-refractivity contribution in [1.82, 2.24) is 4.98 Å². The molecule has 1 unspecified atom stereocenters. The minimum absolute atomic E-state index is 0.111. The summed E-state index contributed by atoms with van der Waals surface area (Å²) in [7, 11) is 1.54. The van der Waals surface area contributed by atoms with Crippen molar-refractivity contribution in [2.45, 2.75) is 38.7 Å². The summed E-state index contributed by atoms with van der Waals surface area (Å²) in [5.74, 6) is -0.197. The molecule has 7 heteroatoms. The number of aliphatic hydroxyl groups is 1. The molecule has 0 fully saturated rings. The summed E-state index contributed by atoms with van der Waals surface area (Å²) in [6, 6.07) is 9.18. The van der Waals surface area contributed by atoms with E-state index in [1.165, 1.54) is 6.08 Å². The molecule has 3 aromatic rings. The molecule has 2 aromatic carbocycles. The number of ether oxygens (including phenoxy) is 1. The monoisotopic (exact) mass is 447 g/mol. The van der Waals surface area contributed by atoms with E-state index in [9.17, 15) is 14.7 Å². The van der Waals surface area contributed by atoms with Crippen LogP contribution in [0, 0.1) is 5.92 Å². The summed E-state index contributed by atoms with van der Waals surface area (Å²) in [5, 5.41) is 14.3. The Bertz CT molecular complexity index is 1270. The van der Waals surface area contributed by atoms with E-state index >= 15 is 0 Å². The number of carbonyl (C=O) groups excluding carboxylic acids is 2. The van der Waals surface area contributed by atoms with Gasteiger partial charge in [-0.2, -0.15) is 0 Å². The summed E-state index contributed by atoms with van der Waals surface area (Å²) in [4.78, 5) is 27.5. The lowest BCUT2D eigenvalue weighted by Gasteiger charge is -2.32. The van der Waals surface area contributed by atoms with Gasteiger partial charge in [-0.05, 0) is 80.0 Å². The maximum atomic E-state index is 12.2. The number of benzene rings is 2. The number of nitrogens with two attached hydrogens (primary N) is 1. The summed E-state index contributed by atoms with van der Waals surface area (Å²) >= 11 is 0. The van der Waals surface area contributed by atoms with Crippen molar-refractivity contribution in [2.75, 3.05) is 12.4 Å². The van der Waals surface area contributed by atoms with Crippen LogP contribution in [0.4, 0.5) is 5.69 Å². The van der Waals surface area contributed by atoms with E-state index in [-0.39, 0.29) is 11.8 Å². The van der Waals surface area contributed by atoms with E-state index in [1.54, 1.807) is 19.2 Å². The second-order valence-electron chi connectivity index (χ2n) is 9.06. The first-order valence-corrected chi connectivity index (χ1v) is 10.9. The Morgan fingerprint density at radius 1 is 1.30 bits per heavy atom. The molecule has 2 amide bonds. The number of aryl methyl sites for hydroxylation is 1. The first kappa shape index (κ1) is 22.6. The standard InChI is InChI=1S/C26H29N3O4/c1-5-22(30)28-20-12-14(6-11-21(20)33-4)16-9-10-18(25(27)31)24-23(16)17-8-7-15(26(2,3)32)13-19(17)29-24/h5-6,9-12,15,29,32H,1,7-8,13H2,2-4H3,(H2,27,31)(H,28,30). The quantitative estimate of drug-likeness (QED) is 0.428. The third kappa shape index (κ3) is 4.12. The van der Waals surface area contributed by atoms with Gasteiger partial charge in [0.05, 0.1) is 29.5 Å². The van der Waals surface area contributed by atoms with E-state index in [4.69, 9.17) is 10.5 Å². The number of carbonyl (C=O) groups is 2. The molecule has 1 aromatic heterocycles. The Labute approximate surface area is 192 Å². The van der Waals surface area contributed by atoms with Crippen LogP contribution in [0.1, 0.15) is 41.9 Å². The fourth-order valence-corrected chi connectivity index (χ4v) is 4.75. The number of primary amides is 1. The van der Waals surface area contributed by atoms with Gasteiger partial charge in [0.15, 0.2) is 0 Å². The average Bonchev–Trinajstić information content (AvgIpc) is 3.16. The van der Waals surface area contributed by atoms with Crippen LogP contribution in [0.25, 0.3) is 22.0 Å². The summed E-state index contributed by atoms with van der Waals surface area (Å²) in [6.45, 7) is 7.18. The predicted molar refractivity (Wildman–Crippen MR) is 129 cm³/mol. The lowest BCUT2D eigenvalue weighted by Crippen LogP contribution is -2.34. The SMILES string of the molecule is C=CC(=O)Nc1cc(-c2ccc(C(N)=O)c3[nH]c4c(c23)CCC(C(C)(C)O)C4)ccc1OC. The van der Waals surface area contributed by atoms with Crippen molar-refractivity contribution in [3.05, 3.63) is 59.8 Å². The van der Waals surface area contributed by atoms with Crippen molar-refractivity contribution in [1.29, 1.82) is 0 Å². The third-order valence-electron chi connectivity index (χ3n) is 6.56. The number of rotatable bonds is 6. The molecule has 0 radical (unpaired) electrons. The highest BCUT2D eigenvalue weighted by atomic mass is 16.5. The number of hydrogen-bond donors (Lipinski definition) is 4. The zero-order chi connectivity index (χ0) is 23.9. The molecule has 1 atom stereocenters. The zero-order valence-corrected chi connectivity index (χ0v) is 19.1. The van der Waals surface area contributed by atoms with Crippen molar-refractivity contribution < 1.29 is 19.4 Å². The molecule has 1 heterocycles. The molecule has 0 saturated heterocycles. The van der Waals surface area contributed by atoms with Gasteiger partial charge < -0.3 is 25.9 Å². The second kappa shape index (κ2) is 8.41. The van der Waals surface area contributed by atoms with Crippen molar-refractivity contribution >= 4 is 28.4 Å². The highest BCUT2D eigenvalue weighted by molar-refractivity contribution is 6.11. The van der Waals surface area contributed by atoms with E-state index in [0.29, 0.717) is 28.9 Å². The fourth-order valence-electron chi connectivity index (χ4n) is 4.75. The van der Waals surface area contributed by atoms with E-state index in [1.807, 2.05) is 32.0 Å². The van der Waals surface area contributed by atoms with Gasteiger partial charge in [0.25, 0.3) is 5.91 Å². The van der Waals surface area contributed by atoms with Gasteiger partial charge in [-0.25, -0.2) is 0 Å². The number of amides is 2. The average molecular weight is 448 g/mol. The topological polar surface area (TPSA) is 117 Å². The fraction of sp³-hybridized carbons (Fsp3) is 0.308. The van der Waals surface area contributed by atoms with Crippen LogP contribution in [0.2, 0.25) is 0 Å². The number of aromatic nitrogens is 1. The van der Waals surface area contributed by atoms with E-state index < -0.39 is 11.5 Å². The van der Waals surface area contributed by atoms with Gasteiger partial charge in [0, 0.05) is 11.1 Å². The third-order valence-corrected chi connectivity index (χ3v) is 6.56. The predicted octanol–water partition coefficient (Wildman–Crippen LogP) is 3.94. The normalized spacial score (nSPS) is 15.7. The lowest BCUT2D eigenvalue weighted by molar-refractivity contribution is -0.111. The Morgan fingerprint density at radius 3 is 2.70 bits per heavy atom. The van der Waals surface area contributed by atoms with Crippen LogP contribution in [0.3, 0.4) is 0 Å². The van der Waals surface area contributed by atoms with Crippen LogP contribution in [-0.4, -0.2) is 34.6 Å². The van der Waals surface area contributed by atoms with Crippen molar-refractivity contribution in [2.24, 2.45) is 11.7 Å². The first-order valence-electron chi connectivity index (χ1n) is 10.9. The Morgan fingerprint density at radius 2 is 2.06 bits per heavy atom. The van der Waals surface area contributed by atoms with Gasteiger partial charge >= 0.3 is 0 Å². The van der Waals surface area contributed by atoms with Gasteiger partial charge in [0.2, 0.25) is 5.91 Å². The molecule has 0 bridgehead atoms. The van der Waals surface area contributed by atoms with E-state index in [2.05, 4.69) is 16.9 Å². The minimum atomic E-state index is -0.793. The molecular formula is C26H29N3O4. The number of fused-ring (bicyclic) bond motifs is 3. The highest BCUT2D eigenvalue weighted by Crippen LogP contribution is 2.42. The first-order chi connectivity index (χ1) is 15.6. The number of aromatic amines is 1. The number of methoxy groups -OCH3 is 1. The molecule has 0 spiro atoms. The molecule has 0 saturated carbocycles. The molecule has 7 nitrogen and oxygen atoms in total. The number of nitrogens with one attached hydrogen (secondary N) is 2. The number of anilines is 1. The van der Waals surface area contributed by atoms with Gasteiger partial charge in [-0.1, -0.05) is 18.7 Å². The second-order valence-corrected chi connectivity index (χ2v) is 9.06. The minimum Gasteiger partial charge on any atom is -0.495 e. The van der Waals surface area contributed by atoms with Crippen LogP contribution in [-0.2, 0) is 17.6 Å². The van der Waals surface area contributed by atoms with Gasteiger partial charge in [-0.15, -0.1) is 0 Å². The summed E-state index contributed by atoms with van der Waals surface area (Å²) in [5.41, 5.74) is 10.5. The molecule has 1 aliphatic rings. The number of hydrogen-bond acceptors (Lipinski definition) is 4. The molecule has 1 aliphatic carbocycles. The summed E-state index contributed by atoms with van der Waals surface area (Å²) in [6.07, 6.45) is 3.50. The van der Waals surface area contributed by atoms with Crippen molar-refractivity contribution in [3.8, 4) is 16.9 Å². The lowest BCUT2D eigenvalue weighted by atomic mass is 9.77. The summed E-state index contributed by atoms with van der Waals surface area (Å²) < 4.78 is 5.40. The maximum absolute atomic E-state index is 12.2. The van der Waals surface area contributed by atoms with E-state index in [0.717, 1.165) is 40.6 Å². The highest BCUT2D eigenvalue weighted by Gasteiger charge is 2.33. The zero-order valence-electron chi connectivity index (χ0n) is 19.1. The molecule has 0 aliphatic heterocycles.